The summed E-state index contributed by atoms with van der Waals surface area (Å²) < 4.78 is 14.0. The Labute approximate surface area is 199 Å². The Bertz CT molecular complexity index is 1380. The number of hydrogen-bond acceptors (Lipinski definition) is 7. The molecule has 1 atom stereocenters. The maximum Gasteiger partial charge on any atom is 0.255 e. The second-order valence-electron chi connectivity index (χ2n) is 7.92. The van der Waals surface area contributed by atoms with Crippen LogP contribution in [0, 0.1) is 6.92 Å². The van der Waals surface area contributed by atoms with Gasteiger partial charge in [0.05, 0.1) is 22.5 Å². The van der Waals surface area contributed by atoms with E-state index in [1.165, 1.54) is 11.3 Å². The summed E-state index contributed by atoms with van der Waals surface area (Å²) >= 11 is 1.52. The van der Waals surface area contributed by atoms with Gasteiger partial charge < -0.3 is 20.5 Å². The molecular formula is C24H23N5O4S. The summed E-state index contributed by atoms with van der Waals surface area (Å²) in [5, 5.41) is 8.42. The van der Waals surface area contributed by atoms with Crippen molar-refractivity contribution >= 4 is 39.2 Å². The van der Waals surface area contributed by atoms with Gasteiger partial charge in [-0.15, -0.1) is 0 Å². The number of ether oxygens (including phenoxy) is 2. The third-order valence-electron chi connectivity index (χ3n) is 5.61. The van der Waals surface area contributed by atoms with Gasteiger partial charge in [0.25, 0.3) is 5.91 Å². The minimum Gasteiger partial charge on any atom is -0.490 e. The van der Waals surface area contributed by atoms with E-state index in [0.717, 1.165) is 27.0 Å². The van der Waals surface area contributed by atoms with Gasteiger partial charge in [-0.2, -0.15) is 9.78 Å². The SMILES string of the molecule is CCOc1cc([C@H]2CC(=O)Nc3c2c(C)nn3-c2nc3ccccc3s2)ccc1OCC(N)=O. The molecule has 2 aromatic carbocycles. The van der Waals surface area contributed by atoms with E-state index in [1.54, 1.807) is 10.7 Å². The van der Waals surface area contributed by atoms with E-state index in [9.17, 15) is 9.59 Å². The Morgan fingerprint density at radius 3 is 2.82 bits per heavy atom. The average Bonchev–Trinajstić information content (AvgIpc) is 3.38. The molecule has 9 nitrogen and oxygen atoms in total. The van der Waals surface area contributed by atoms with Crippen LogP contribution in [0.1, 0.15) is 36.1 Å². The molecule has 0 aliphatic carbocycles. The lowest BCUT2D eigenvalue weighted by Crippen LogP contribution is -2.25. The number of fused-ring (bicyclic) bond motifs is 2. The van der Waals surface area contributed by atoms with Crippen molar-refractivity contribution in [2.24, 2.45) is 5.73 Å². The van der Waals surface area contributed by atoms with Gasteiger partial charge in [-0.3, -0.25) is 9.59 Å². The first-order valence-electron chi connectivity index (χ1n) is 10.9. The average molecular weight is 478 g/mol. The molecule has 10 heteroatoms. The van der Waals surface area contributed by atoms with Gasteiger partial charge in [-0.25, -0.2) is 4.98 Å². The van der Waals surface area contributed by atoms with Gasteiger partial charge in [0.1, 0.15) is 5.82 Å². The highest BCUT2D eigenvalue weighted by molar-refractivity contribution is 7.20. The number of nitrogens with two attached hydrogens (primary N) is 1. The maximum atomic E-state index is 12.8. The molecule has 0 spiro atoms. The Morgan fingerprint density at radius 2 is 2.06 bits per heavy atom. The van der Waals surface area contributed by atoms with Crippen molar-refractivity contribution < 1.29 is 19.1 Å². The van der Waals surface area contributed by atoms with E-state index in [4.69, 9.17) is 25.3 Å². The standard InChI is InChI=1S/C24H23N5O4S/c1-3-32-18-10-14(8-9-17(18)33-12-20(25)30)15-11-21(31)27-23-22(15)13(2)28-29(23)24-26-16-6-4-5-7-19(16)34-24/h4-10,15H,3,11-12H2,1-2H3,(H2,25,30)(H,27,31)/t15-/m1/s1. The molecule has 0 bridgehead atoms. The van der Waals surface area contributed by atoms with Crippen LogP contribution in [0.2, 0.25) is 0 Å². The predicted molar refractivity (Wildman–Crippen MR) is 129 cm³/mol. The van der Waals surface area contributed by atoms with Crippen molar-refractivity contribution in [1.29, 1.82) is 0 Å². The minimum absolute atomic E-state index is 0.105. The van der Waals surface area contributed by atoms with Crippen molar-refractivity contribution in [3.05, 3.63) is 59.3 Å². The van der Waals surface area contributed by atoms with Crippen molar-refractivity contribution in [1.82, 2.24) is 14.8 Å². The lowest BCUT2D eigenvalue weighted by molar-refractivity contribution is -0.120. The van der Waals surface area contributed by atoms with E-state index in [-0.39, 0.29) is 24.9 Å². The summed E-state index contributed by atoms with van der Waals surface area (Å²) in [6.07, 6.45) is 0.270. The number of nitrogens with one attached hydrogen (secondary N) is 1. The van der Waals surface area contributed by atoms with Crippen molar-refractivity contribution in [2.75, 3.05) is 18.5 Å². The van der Waals surface area contributed by atoms with Gasteiger partial charge in [0, 0.05) is 17.9 Å². The molecule has 1 aliphatic rings. The summed E-state index contributed by atoms with van der Waals surface area (Å²) in [7, 11) is 0. The molecule has 4 aromatic rings. The summed E-state index contributed by atoms with van der Waals surface area (Å²) in [5.41, 5.74) is 8.73. The van der Waals surface area contributed by atoms with E-state index in [2.05, 4.69) is 5.32 Å². The van der Waals surface area contributed by atoms with E-state index >= 15 is 0 Å². The zero-order valence-electron chi connectivity index (χ0n) is 18.7. The van der Waals surface area contributed by atoms with Crippen molar-refractivity contribution in [3.63, 3.8) is 0 Å². The molecule has 0 fully saturated rings. The third-order valence-corrected chi connectivity index (χ3v) is 6.62. The molecule has 3 heterocycles. The second-order valence-corrected chi connectivity index (χ2v) is 8.93. The molecule has 3 N–H and O–H groups in total. The smallest absolute Gasteiger partial charge is 0.255 e. The molecule has 1 aliphatic heterocycles. The van der Waals surface area contributed by atoms with Crippen LogP contribution < -0.4 is 20.5 Å². The van der Waals surface area contributed by atoms with Gasteiger partial charge in [-0.1, -0.05) is 29.5 Å². The number of anilines is 1. The highest BCUT2D eigenvalue weighted by Gasteiger charge is 2.33. The van der Waals surface area contributed by atoms with Crippen LogP contribution in [0.25, 0.3) is 15.3 Å². The molecule has 174 valence electrons. The van der Waals surface area contributed by atoms with Gasteiger partial charge in [0.15, 0.2) is 18.1 Å². The first-order valence-corrected chi connectivity index (χ1v) is 11.7. The Kier molecular flexibility index (Phi) is 5.66. The lowest BCUT2D eigenvalue weighted by Gasteiger charge is -2.25. The Hall–Kier alpha value is -3.92. The Balaban J connectivity index is 1.57. The molecule has 5 rings (SSSR count). The van der Waals surface area contributed by atoms with Crippen LogP contribution in [0.15, 0.2) is 42.5 Å². The van der Waals surface area contributed by atoms with Crippen LogP contribution in [0.5, 0.6) is 11.5 Å². The normalized spacial score (nSPS) is 15.1. The first-order chi connectivity index (χ1) is 16.4. The minimum atomic E-state index is -0.571. The molecule has 2 aromatic heterocycles. The molecule has 34 heavy (non-hydrogen) atoms. The number of benzene rings is 2. The number of para-hydroxylation sites is 1. The van der Waals surface area contributed by atoms with Crippen molar-refractivity contribution in [2.45, 2.75) is 26.2 Å². The fourth-order valence-corrected chi connectivity index (χ4v) is 5.12. The van der Waals surface area contributed by atoms with Crippen molar-refractivity contribution in [3.8, 4) is 16.6 Å². The van der Waals surface area contributed by atoms with Crippen LogP contribution in [-0.2, 0) is 9.59 Å². The highest BCUT2D eigenvalue weighted by Crippen LogP contribution is 2.43. The number of nitrogens with zero attached hydrogens (tertiary/aromatic N) is 3. The summed E-state index contributed by atoms with van der Waals surface area (Å²) in [4.78, 5) is 28.6. The number of aromatic nitrogens is 3. The number of carbonyl (C=O) groups excluding carboxylic acids is 2. The van der Waals surface area contributed by atoms with E-state index in [1.807, 2.05) is 50.2 Å². The summed E-state index contributed by atoms with van der Waals surface area (Å²) in [6, 6.07) is 13.3. The largest absolute Gasteiger partial charge is 0.490 e. The lowest BCUT2D eigenvalue weighted by atomic mass is 9.85. The number of thiazole rings is 1. The topological polar surface area (TPSA) is 121 Å². The number of aryl methyl sites for hydroxylation is 1. The highest BCUT2D eigenvalue weighted by atomic mass is 32.1. The second kappa shape index (κ2) is 8.79. The molecule has 0 saturated heterocycles. The van der Waals surface area contributed by atoms with Gasteiger partial charge in [0.2, 0.25) is 11.0 Å². The van der Waals surface area contributed by atoms with Gasteiger partial charge in [-0.05, 0) is 43.7 Å². The van der Waals surface area contributed by atoms with E-state index < -0.39 is 5.91 Å². The number of primary amides is 1. The maximum absolute atomic E-state index is 12.8. The van der Waals surface area contributed by atoms with Crippen LogP contribution >= 0.6 is 11.3 Å². The summed E-state index contributed by atoms with van der Waals surface area (Å²) in [6.45, 7) is 3.97. The summed E-state index contributed by atoms with van der Waals surface area (Å²) in [5.74, 6) is 0.641. The molecule has 2 amide bonds. The monoisotopic (exact) mass is 477 g/mol. The van der Waals surface area contributed by atoms with Crippen LogP contribution in [0.4, 0.5) is 5.82 Å². The van der Waals surface area contributed by atoms with E-state index in [0.29, 0.717) is 29.1 Å². The van der Waals surface area contributed by atoms with Gasteiger partial charge >= 0.3 is 0 Å². The van der Waals surface area contributed by atoms with Crippen LogP contribution in [0.3, 0.4) is 0 Å². The first kappa shape index (κ1) is 21.9. The predicted octanol–water partition coefficient (Wildman–Crippen LogP) is 3.53. The fraction of sp³-hybridized carbons (Fsp3) is 0.250. The zero-order valence-corrected chi connectivity index (χ0v) is 19.5. The quantitative estimate of drug-likeness (QED) is 0.420. The number of carbonyl (C=O) groups is 2. The zero-order chi connectivity index (χ0) is 23.8. The molecule has 0 unspecified atom stereocenters. The molecular weight excluding hydrogens is 454 g/mol. The molecule has 0 saturated carbocycles. The number of rotatable bonds is 7. The fourth-order valence-electron chi connectivity index (χ4n) is 4.20. The Morgan fingerprint density at radius 1 is 1.24 bits per heavy atom. The molecule has 0 radical (unpaired) electrons. The number of amides is 2. The number of hydrogen-bond donors (Lipinski definition) is 2. The third kappa shape index (κ3) is 3.96. The van der Waals surface area contributed by atoms with Crippen LogP contribution in [-0.4, -0.2) is 39.8 Å².